The monoisotopic (exact) mass is 1490 g/mol. The molecule has 4 atom stereocenters. The van der Waals surface area contributed by atoms with Gasteiger partial charge in [-0.2, -0.15) is 0 Å². The number of hydrogen-bond donors (Lipinski definition) is 7. The maximum atomic E-state index is 13.8. The number of nitrogens with one attached hydrogen (secondary N) is 6. The van der Waals surface area contributed by atoms with Gasteiger partial charge in [0.25, 0.3) is 22.2 Å². The lowest BCUT2D eigenvalue weighted by atomic mass is 10.1. The average molecular weight is 1490 g/mol. The van der Waals surface area contributed by atoms with Gasteiger partial charge in [0, 0.05) is 55.6 Å². The molecule has 18 rings (SSSR count). The fourth-order valence-electron chi connectivity index (χ4n) is 12.2. The Kier molecular flexibility index (Phi) is 19.7. The Morgan fingerprint density at radius 2 is 0.595 bits per heavy atom. The van der Waals surface area contributed by atoms with Crippen molar-refractivity contribution < 1.29 is 17.6 Å². The second-order valence-corrected chi connectivity index (χ2v) is 24.7. The summed E-state index contributed by atoms with van der Waals surface area (Å²) >= 11 is 0. The molecule has 0 fully saturated rings. The molecule has 0 aliphatic heterocycles. The summed E-state index contributed by atoms with van der Waals surface area (Å²) in [5.41, 5.74) is 14.0. The Hall–Kier alpha value is -15.2. The van der Waals surface area contributed by atoms with Crippen LogP contribution < -0.4 is 43.9 Å². The van der Waals surface area contributed by atoms with E-state index in [1.54, 1.807) is 105 Å². The van der Waals surface area contributed by atoms with Crippen molar-refractivity contribution in [3.05, 3.63) is 296 Å². The molecule has 18 heterocycles. The first kappa shape index (κ1) is 71.4. The summed E-state index contributed by atoms with van der Waals surface area (Å²) < 4.78 is 59.4. The van der Waals surface area contributed by atoms with Gasteiger partial charge in [-0.3, -0.25) is 56.7 Å². The summed E-state index contributed by atoms with van der Waals surface area (Å²) in [6.07, 6.45) is 19.7. The van der Waals surface area contributed by atoms with E-state index >= 15 is 0 Å². The van der Waals surface area contributed by atoms with Crippen LogP contribution in [0, 0.1) is 23.3 Å². The highest BCUT2D eigenvalue weighted by molar-refractivity contribution is 5.84. The maximum Gasteiger partial charge on any atom is 0.267 e. The molecule has 0 aliphatic rings. The van der Waals surface area contributed by atoms with E-state index in [0.29, 0.717) is 125 Å². The lowest BCUT2D eigenvalue weighted by molar-refractivity contribution is 0.616. The van der Waals surface area contributed by atoms with Crippen LogP contribution in [0.4, 0.5) is 35.0 Å². The fraction of sp³-hybridized carbons (Fsp3) is 0.107. The van der Waals surface area contributed by atoms with Gasteiger partial charge in [-0.1, -0.05) is 24.3 Å². The number of anilines is 3. The van der Waals surface area contributed by atoms with Crippen molar-refractivity contribution in [2.75, 3.05) is 16.0 Å². The van der Waals surface area contributed by atoms with Gasteiger partial charge in [0.15, 0.2) is 34.4 Å². The van der Waals surface area contributed by atoms with Crippen molar-refractivity contribution >= 4 is 73.5 Å². The minimum Gasteiger partial charge on any atom is -0.360 e. The Balaban J connectivity index is 0.000000118. The van der Waals surface area contributed by atoms with Crippen molar-refractivity contribution in [1.29, 1.82) is 0 Å². The molecule has 0 amide bonds. The van der Waals surface area contributed by atoms with Crippen molar-refractivity contribution in [2.24, 2.45) is 5.73 Å². The molecule has 0 aliphatic carbocycles. The van der Waals surface area contributed by atoms with Crippen molar-refractivity contribution in [3.63, 3.8) is 0 Å². The highest BCUT2D eigenvalue weighted by atomic mass is 19.1. The molecule has 18 aromatic rings. The van der Waals surface area contributed by atoms with Gasteiger partial charge < -0.3 is 36.6 Å². The molecule has 0 radical (unpaired) electrons. The molecule has 550 valence electrons. The molecule has 0 spiro atoms. The third kappa shape index (κ3) is 14.5. The lowest BCUT2D eigenvalue weighted by Crippen LogP contribution is -2.23. The summed E-state index contributed by atoms with van der Waals surface area (Å²) in [7, 11) is 0. The van der Waals surface area contributed by atoms with Crippen LogP contribution in [0.25, 0.3) is 101 Å². The van der Waals surface area contributed by atoms with Crippen LogP contribution in [0.3, 0.4) is 0 Å². The molecule has 0 saturated carbocycles. The maximum absolute atomic E-state index is 13.8. The molecular formula is C75H58F4N28O4. The van der Waals surface area contributed by atoms with E-state index in [9.17, 15) is 36.7 Å². The molecule has 32 nitrogen and oxygen atoms in total. The normalized spacial score (nSPS) is 12.4. The van der Waals surface area contributed by atoms with Gasteiger partial charge >= 0.3 is 0 Å². The van der Waals surface area contributed by atoms with Crippen LogP contribution >= 0.6 is 0 Å². The van der Waals surface area contributed by atoms with E-state index in [4.69, 9.17) is 5.73 Å². The minimum absolute atomic E-state index is 0.286. The summed E-state index contributed by atoms with van der Waals surface area (Å²) in [5.74, 6) is -0.513. The van der Waals surface area contributed by atoms with E-state index in [0.717, 1.165) is 24.8 Å². The number of rotatable bonds is 14. The second kappa shape index (κ2) is 30.7. The predicted octanol–water partition coefficient (Wildman–Crippen LogP) is 10.1. The predicted molar refractivity (Wildman–Crippen MR) is 402 cm³/mol. The standard InChI is InChI=1S/3C20H15FN8O.C15H13FN4O/c3*1-11(27-19-17-18(24-9-23-17)25-10-26-19)16-15(13-4-2-3-7-22-13)20(30)29-8-12(21)5-6-14(29)28-16;1-9(17)14-13(11-4-2-3-7-18-11)15(21)20-8-10(16)5-6-12(20)19-14/h3*2-11H,1H3,(H2,23,24,25,26,27);2-9H,17H2,1H3/t2*11-;;/m10../s1. The number of aromatic amines is 3. The third-order valence-electron chi connectivity index (χ3n) is 17.3. The third-order valence-corrected chi connectivity index (χ3v) is 17.3. The number of halogens is 4. The largest absolute Gasteiger partial charge is 0.360 e. The highest BCUT2D eigenvalue weighted by Gasteiger charge is 2.27. The zero-order valence-corrected chi connectivity index (χ0v) is 58.6. The van der Waals surface area contributed by atoms with Crippen LogP contribution in [-0.2, 0) is 0 Å². The Morgan fingerprint density at radius 3 is 0.847 bits per heavy atom. The molecule has 0 aromatic carbocycles. The number of fused-ring (bicyclic) bond motifs is 7. The summed E-state index contributed by atoms with van der Waals surface area (Å²) in [6, 6.07) is 30.2. The first-order valence-corrected chi connectivity index (χ1v) is 33.9. The SMILES string of the molecule is CC(N)c1nc2ccc(F)cn2c(=O)c1-c1ccccn1.CC(Nc1ncnc2nc[nH]c12)c1nc2ccc(F)cn2c(=O)c1-c1ccccn1.C[C@@H](Nc1ncnc2nc[nH]c12)c1nc2ccc(F)cn2c(=O)c1-c1ccccn1.C[C@H](Nc1ncnc2nc[nH]c12)c1nc2ccc(F)cn2c(=O)c1-c1ccccn1. The molecule has 18 aromatic heterocycles. The second-order valence-electron chi connectivity index (χ2n) is 24.7. The molecule has 8 N–H and O–H groups in total. The van der Waals surface area contributed by atoms with Gasteiger partial charge in [-0.25, -0.2) is 82.4 Å². The number of hydrogen-bond acceptors (Lipinski definition) is 25. The molecule has 36 heteroatoms. The minimum atomic E-state index is -0.528. The number of H-pyrrole nitrogens is 3. The van der Waals surface area contributed by atoms with Crippen molar-refractivity contribution in [1.82, 2.24) is 117 Å². The topological polar surface area (TPSA) is 415 Å². The molecule has 0 bridgehead atoms. The molecule has 0 saturated heterocycles. The zero-order valence-electron chi connectivity index (χ0n) is 58.6. The van der Waals surface area contributed by atoms with E-state index in [2.05, 4.69) is 116 Å². The van der Waals surface area contributed by atoms with Crippen LogP contribution in [0.1, 0.15) is 74.6 Å². The number of pyridine rings is 8. The highest BCUT2D eigenvalue weighted by Crippen LogP contribution is 2.32. The number of nitrogens with two attached hydrogens (primary N) is 1. The molecular weight excluding hydrogens is 1430 g/mol. The summed E-state index contributed by atoms with van der Waals surface area (Å²) in [4.78, 5) is 134. The zero-order chi connectivity index (χ0) is 77.0. The Morgan fingerprint density at radius 1 is 0.333 bits per heavy atom. The Bertz CT molecular complexity index is 6230. The van der Waals surface area contributed by atoms with Crippen molar-refractivity contribution in [2.45, 2.75) is 51.9 Å². The van der Waals surface area contributed by atoms with Crippen LogP contribution in [-0.4, -0.2) is 117 Å². The van der Waals surface area contributed by atoms with Gasteiger partial charge in [-0.05, 0) is 125 Å². The summed E-state index contributed by atoms with van der Waals surface area (Å²) in [5, 5.41) is 9.80. The van der Waals surface area contributed by atoms with Crippen LogP contribution in [0.5, 0.6) is 0 Å². The number of imidazole rings is 3. The van der Waals surface area contributed by atoms with E-state index in [1.807, 2.05) is 20.8 Å². The molecule has 111 heavy (non-hydrogen) atoms. The van der Waals surface area contributed by atoms with Gasteiger partial charge in [0.05, 0.1) is 105 Å². The quantitative estimate of drug-likeness (QED) is 0.0497. The Labute approximate surface area is 620 Å². The van der Waals surface area contributed by atoms with Crippen LogP contribution in [0.15, 0.2) is 228 Å². The average Bonchev–Trinajstić information content (AvgIpc) is 1.47. The van der Waals surface area contributed by atoms with Crippen molar-refractivity contribution in [3.8, 4) is 45.0 Å². The first-order valence-electron chi connectivity index (χ1n) is 33.9. The summed E-state index contributed by atoms with van der Waals surface area (Å²) in [6.45, 7) is 7.32. The van der Waals surface area contributed by atoms with Gasteiger partial charge in [-0.15, -0.1) is 0 Å². The fourth-order valence-corrected chi connectivity index (χ4v) is 12.2. The lowest BCUT2D eigenvalue weighted by Gasteiger charge is -2.18. The molecule has 2 unspecified atom stereocenters. The first-order chi connectivity index (χ1) is 53.9. The van der Waals surface area contributed by atoms with E-state index < -0.39 is 64.1 Å². The van der Waals surface area contributed by atoms with Crippen LogP contribution in [0.2, 0.25) is 0 Å². The number of nitrogens with zero attached hydrogens (tertiary/aromatic N) is 21. The smallest absolute Gasteiger partial charge is 0.267 e. The van der Waals surface area contributed by atoms with E-state index in [1.165, 1.54) is 104 Å². The van der Waals surface area contributed by atoms with Gasteiger partial charge in [0.2, 0.25) is 0 Å². The number of aromatic nitrogens is 24. The van der Waals surface area contributed by atoms with Gasteiger partial charge in [0.1, 0.15) is 81.4 Å². The van der Waals surface area contributed by atoms with E-state index in [-0.39, 0.29) is 22.2 Å².